The van der Waals surface area contributed by atoms with E-state index in [2.05, 4.69) is 15.2 Å². The van der Waals surface area contributed by atoms with E-state index in [1.165, 1.54) is 18.2 Å². The molecule has 0 N–H and O–H groups in total. The molecule has 3 rings (SSSR count). The number of ether oxygens (including phenoxy) is 1. The molecule has 0 aliphatic rings. The molecule has 1 aromatic carbocycles. The van der Waals surface area contributed by atoms with Gasteiger partial charge in [0, 0.05) is 12.1 Å². The first kappa shape index (κ1) is 12.5. The SMILES string of the molecule is Cc1cc(OCc2nc3cc(F)ccc3o2)nnc1C. The highest BCUT2D eigenvalue weighted by atomic mass is 19.1. The molecule has 0 atom stereocenters. The molecular weight excluding hydrogens is 261 g/mol. The Kier molecular flexibility index (Phi) is 3.06. The van der Waals surface area contributed by atoms with E-state index in [1.807, 2.05) is 13.8 Å². The Hall–Kier alpha value is -2.50. The Morgan fingerprint density at radius 3 is 2.85 bits per heavy atom. The Morgan fingerprint density at radius 2 is 2.05 bits per heavy atom. The summed E-state index contributed by atoms with van der Waals surface area (Å²) < 4.78 is 24.0. The Morgan fingerprint density at radius 1 is 1.20 bits per heavy atom. The molecule has 2 aromatic heterocycles. The number of hydrogen-bond donors (Lipinski definition) is 0. The summed E-state index contributed by atoms with van der Waals surface area (Å²) in [5.41, 5.74) is 2.84. The number of fused-ring (bicyclic) bond motifs is 1. The van der Waals surface area contributed by atoms with Gasteiger partial charge in [-0.3, -0.25) is 0 Å². The van der Waals surface area contributed by atoms with Crippen LogP contribution in [0.1, 0.15) is 17.1 Å². The molecular formula is C14H12FN3O2. The first-order chi connectivity index (χ1) is 9.61. The molecule has 0 bridgehead atoms. The van der Waals surface area contributed by atoms with E-state index in [9.17, 15) is 4.39 Å². The first-order valence-corrected chi connectivity index (χ1v) is 6.10. The van der Waals surface area contributed by atoms with Gasteiger partial charge in [-0.25, -0.2) is 9.37 Å². The molecule has 0 aliphatic carbocycles. The van der Waals surface area contributed by atoms with E-state index in [-0.39, 0.29) is 12.4 Å². The lowest BCUT2D eigenvalue weighted by Crippen LogP contribution is -2.00. The number of rotatable bonds is 3. The van der Waals surface area contributed by atoms with Gasteiger partial charge in [0.2, 0.25) is 11.8 Å². The van der Waals surface area contributed by atoms with Crippen LogP contribution in [0.15, 0.2) is 28.7 Å². The molecule has 6 heteroatoms. The topological polar surface area (TPSA) is 61.0 Å². The quantitative estimate of drug-likeness (QED) is 0.734. The normalized spacial score (nSPS) is 10.9. The Bertz CT molecular complexity index is 770. The van der Waals surface area contributed by atoms with Crippen molar-refractivity contribution in [2.75, 3.05) is 0 Å². The highest BCUT2D eigenvalue weighted by Gasteiger charge is 2.08. The zero-order chi connectivity index (χ0) is 14.1. The summed E-state index contributed by atoms with van der Waals surface area (Å²) in [6.07, 6.45) is 0. The monoisotopic (exact) mass is 273 g/mol. The summed E-state index contributed by atoms with van der Waals surface area (Å²) >= 11 is 0. The number of hydrogen-bond acceptors (Lipinski definition) is 5. The van der Waals surface area contributed by atoms with Crippen LogP contribution in [0.25, 0.3) is 11.1 Å². The van der Waals surface area contributed by atoms with E-state index in [0.717, 1.165) is 11.3 Å². The predicted octanol–water partition coefficient (Wildman–Crippen LogP) is 2.95. The van der Waals surface area contributed by atoms with E-state index in [4.69, 9.17) is 9.15 Å². The minimum atomic E-state index is -0.349. The molecule has 0 unspecified atom stereocenters. The van der Waals surface area contributed by atoms with Gasteiger partial charge >= 0.3 is 0 Å². The second-order valence-corrected chi connectivity index (χ2v) is 4.46. The van der Waals surface area contributed by atoms with E-state index < -0.39 is 0 Å². The van der Waals surface area contributed by atoms with E-state index in [1.54, 1.807) is 6.07 Å². The summed E-state index contributed by atoms with van der Waals surface area (Å²) in [6, 6.07) is 5.98. The first-order valence-electron chi connectivity index (χ1n) is 6.10. The van der Waals surface area contributed by atoms with Crippen molar-refractivity contribution in [2.24, 2.45) is 0 Å². The average Bonchev–Trinajstić information content (AvgIpc) is 2.82. The van der Waals surface area contributed by atoms with E-state index >= 15 is 0 Å². The van der Waals surface area contributed by atoms with Gasteiger partial charge in [0.05, 0.1) is 5.69 Å². The lowest BCUT2D eigenvalue weighted by Gasteiger charge is -2.03. The van der Waals surface area contributed by atoms with Gasteiger partial charge in [0.25, 0.3) is 0 Å². The molecule has 0 saturated heterocycles. The maximum atomic E-state index is 13.0. The minimum absolute atomic E-state index is 0.119. The zero-order valence-corrected chi connectivity index (χ0v) is 11.1. The maximum Gasteiger partial charge on any atom is 0.234 e. The van der Waals surface area contributed by atoms with Gasteiger partial charge in [-0.2, -0.15) is 5.10 Å². The summed E-state index contributed by atoms with van der Waals surface area (Å²) in [5, 5.41) is 7.89. The third-order valence-electron chi connectivity index (χ3n) is 2.95. The van der Waals surface area contributed by atoms with Crippen LogP contribution in [0.2, 0.25) is 0 Å². The lowest BCUT2D eigenvalue weighted by atomic mass is 10.2. The average molecular weight is 273 g/mol. The number of nitrogens with zero attached hydrogens (tertiary/aromatic N) is 3. The van der Waals surface area contributed by atoms with Crippen molar-refractivity contribution in [3.63, 3.8) is 0 Å². The van der Waals surface area contributed by atoms with Crippen LogP contribution in [-0.2, 0) is 6.61 Å². The largest absolute Gasteiger partial charge is 0.467 e. The highest BCUT2D eigenvalue weighted by Crippen LogP contribution is 2.18. The van der Waals surface area contributed by atoms with Gasteiger partial charge in [0.1, 0.15) is 11.3 Å². The van der Waals surface area contributed by atoms with Crippen LogP contribution in [0.5, 0.6) is 5.88 Å². The van der Waals surface area contributed by atoms with Crippen molar-refractivity contribution in [1.29, 1.82) is 0 Å². The summed E-state index contributed by atoms with van der Waals surface area (Å²) in [5.74, 6) is 0.422. The van der Waals surface area contributed by atoms with Crippen molar-refractivity contribution < 1.29 is 13.5 Å². The van der Waals surface area contributed by atoms with Gasteiger partial charge in [0.15, 0.2) is 12.2 Å². The summed E-state index contributed by atoms with van der Waals surface area (Å²) in [7, 11) is 0. The maximum absolute atomic E-state index is 13.0. The van der Waals surface area contributed by atoms with Gasteiger partial charge in [-0.05, 0) is 31.5 Å². The van der Waals surface area contributed by atoms with Gasteiger partial charge in [-0.15, -0.1) is 5.10 Å². The minimum Gasteiger partial charge on any atom is -0.467 e. The van der Waals surface area contributed by atoms with Crippen LogP contribution in [0.4, 0.5) is 4.39 Å². The molecule has 102 valence electrons. The number of oxazole rings is 1. The molecule has 0 aliphatic heterocycles. The molecule has 0 spiro atoms. The molecule has 2 heterocycles. The Labute approximate surface area is 114 Å². The fraction of sp³-hybridized carbons (Fsp3) is 0.214. The van der Waals surface area contributed by atoms with Crippen molar-refractivity contribution in [2.45, 2.75) is 20.5 Å². The molecule has 5 nitrogen and oxygen atoms in total. The fourth-order valence-corrected chi connectivity index (χ4v) is 1.74. The van der Waals surface area contributed by atoms with Crippen molar-refractivity contribution in [1.82, 2.24) is 15.2 Å². The number of aromatic nitrogens is 3. The van der Waals surface area contributed by atoms with Crippen LogP contribution < -0.4 is 4.74 Å². The third-order valence-corrected chi connectivity index (χ3v) is 2.95. The number of halogens is 1. The lowest BCUT2D eigenvalue weighted by molar-refractivity contribution is 0.254. The predicted molar refractivity (Wildman–Crippen MR) is 69.8 cm³/mol. The number of aryl methyl sites for hydroxylation is 2. The molecule has 20 heavy (non-hydrogen) atoms. The summed E-state index contributed by atoms with van der Waals surface area (Å²) in [4.78, 5) is 4.15. The fourth-order valence-electron chi connectivity index (χ4n) is 1.74. The molecule has 3 aromatic rings. The van der Waals surface area contributed by atoms with E-state index in [0.29, 0.717) is 22.9 Å². The van der Waals surface area contributed by atoms with Crippen LogP contribution in [0, 0.1) is 19.7 Å². The second kappa shape index (κ2) is 4.88. The second-order valence-electron chi connectivity index (χ2n) is 4.46. The van der Waals surface area contributed by atoms with Crippen LogP contribution in [0.3, 0.4) is 0 Å². The van der Waals surface area contributed by atoms with Crippen molar-refractivity contribution in [3.05, 3.63) is 47.2 Å². The highest BCUT2D eigenvalue weighted by molar-refractivity contribution is 5.72. The third kappa shape index (κ3) is 2.45. The smallest absolute Gasteiger partial charge is 0.234 e. The van der Waals surface area contributed by atoms with Crippen LogP contribution >= 0.6 is 0 Å². The molecule has 0 amide bonds. The Balaban J connectivity index is 1.77. The number of benzene rings is 1. The molecule has 0 fully saturated rings. The van der Waals surface area contributed by atoms with Crippen LogP contribution in [-0.4, -0.2) is 15.2 Å². The van der Waals surface area contributed by atoms with Crippen molar-refractivity contribution >= 4 is 11.1 Å². The molecule has 0 saturated carbocycles. The van der Waals surface area contributed by atoms with Crippen molar-refractivity contribution in [3.8, 4) is 5.88 Å². The summed E-state index contributed by atoms with van der Waals surface area (Å²) in [6.45, 7) is 3.92. The van der Waals surface area contributed by atoms with Gasteiger partial charge < -0.3 is 9.15 Å². The molecule has 0 radical (unpaired) electrons. The zero-order valence-electron chi connectivity index (χ0n) is 11.1. The van der Waals surface area contributed by atoms with Gasteiger partial charge in [-0.1, -0.05) is 0 Å². The standard InChI is InChI=1S/C14H12FN3O2/c1-8-5-13(18-17-9(8)2)19-7-14-16-11-6-10(15)3-4-12(11)20-14/h3-6H,7H2,1-2H3.